The van der Waals surface area contributed by atoms with Gasteiger partial charge in [0.2, 0.25) is 0 Å². The quantitative estimate of drug-likeness (QED) is 0.309. The minimum atomic E-state index is -0.465. The summed E-state index contributed by atoms with van der Waals surface area (Å²) in [5.41, 5.74) is 0.583. The fourth-order valence-electron chi connectivity index (χ4n) is 1.65. The van der Waals surface area contributed by atoms with E-state index in [4.69, 9.17) is 9.47 Å². The number of rotatable bonds is 6. The minimum absolute atomic E-state index is 0.155. The molecule has 0 fully saturated rings. The second-order valence-corrected chi connectivity index (χ2v) is 6.22. The number of aromatic nitrogens is 1. The molecular weight excluding hydrogens is 408 g/mol. The molecule has 0 unspecified atom stereocenters. The molecule has 1 heterocycles. The highest BCUT2D eigenvalue weighted by molar-refractivity contribution is 14.1. The van der Waals surface area contributed by atoms with Gasteiger partial charge in [0.1, 0.15) is 5.94 Å². The molecule has 0 saturated heterocycles. The Bertz CT molecular complexity index is 653. The lowest BCUT2D eigenvalue weighted by molar-refractivity contribution is -0.139. The Morgan fingerprint density at radius 1 is 1.43 bits per heavy atom. The number of pyridine rings is 1. The van der Waals surface area contributed by atoms with Crippen molar-refractivity contribution in [2.24, 2.45) is 0 Å². The molecular formula is C14H13FINO3S. The Balaban J connectivity index is 1.98. The molecule has 0 saturated carbocycles. The minimum Gasteiger partial charge on any atom is -0.480 e. The number of carbonyl (C=O) groups excluding carboxylic acids is 1. The Morgan fingerprint density at radius 3 is 3.00 bits per heavy atom. The molecule has 2 rings (SSSR count). The fraction of sp³-hybridized carbons (Fsp3) is 0.286. The number of esters is 1. The number of thioether (sulfide) groups is 1. The number of nitrogens with zero attached hydrogens (tertiary/aromatic N) is 1. The van der Waals surface area contributed by atoms with Crippen molar-refractivity contribution in [2.45, 2.75) is 6.92 Å². The lowest BCUT2D eigenvalue weighted by Crippen LogP contribution is -2.08. The third-order valence-corrected chi connectivity index (χ3v) is 3.84. The molecule has 112 valence electrons. The molecule has 0 radical (unpaired) electrons. The molecule has 0 aliphatic carbocycles. The van der Waals surface area contributed by atoms with Crippen molar-refractivity contribution in [3.8, 4) is 5.75 Å². The van der Waals surface area contributed by atoms with Crippen LogP contribution in [0, 0.1) is 9.39 Å². The van der Waals surface area contributed by atoms with Gasteiger partial charge in [-0.2, -0.15) is 0 Å². The van der Waals surface area contributed by atoms with Gasteiger partial charge in [-0.3, -0.25) is 9.78 Å². The molecule has 0 aliphatic rings. The summed E-state index contributed by atoms with van der Waals surface area (Å²) in [5, 5.41) is 0.814. The molecule has 0 bridgehead atoms. The van der Waals surface area contributed by atoms with Crippen LogP contribution in [0.3, 0.4) is 0 Å². The van der Waals surface area contributed by atoms with Crippen LogP contribution in [0.2, 0.25) is 0 Å². The summed E-state index contributed by atoms with van der Waals surface area (Å²) >= 11 is 3.38. The van der Waals surface area contributed by atoms with Crippen molar-refractivity contribution in [2.75, 3.05) is 18.3 Å². The van der Waals surface area contributed by atoms with Crippen LogP contribution in [0.25, 0.3) is 10.9 Å². The average molecular weight is 421 g/mol. The Hall–Kier alpha value is -1.09. The maximum absolute atomic E-state index is 13.9. The van der Waals surface area contributed by atoms with E-state index < -0.39 is 5.82 Å². The van der Waals surface area contributed by atoms with Crippen LogP contribution >= 0.6 is 34.4 Å². The number of hydrogen-bond acceptors (Lipinski definition) is 5. The number of carbonyl (C=O) groups is 1. The van der Waals surface area contributed by atoms with E-state index in [1.807, 2.05) is 6.07 Å². The van der Waals surface area contributed by atoms with Gasteiger partial charge in [-0.15, -0.1) is 11.8 Å². The van der Waals surface area contributed by atoms with Crippen molar-refractivity contribution in [3.05, 3.63) is 33.8 Å². The summed E-state index contributed by atoms with van der Waals surface area (Å²) in [4.78, 5) is 15.3. The molecule has 0 aliphatic heterocycles. The van der Waals surface area contributed by atoms with Crippen LogP contribution in [-0.2, 0) is 9.53 Å². The largest absolute Gasteiger partial charge is 0.480 e. The molecule has 0 atom stereocenters. The average Bonchev–Trinajstić information content (AvgIpc) is 2.44. The Labute approximate surface area is 139 Å². The van der Waals surface area contributed by atoms with Gasteiger partial charge < -0.3 is 9.47 Å². The van der Waals surface area contributed by atoms with Crippen LogP contribution in [0.5, 0.6) is 5.75 Å². The van der Waals surface area contributed by atoms with Gasteiger partial charge in [0, 0.05) is 21.2 Å². The van der Waals surface area contributed by atoms with Gasteiger partial charge in [0.05, 0.1) is 17.9 Å². The van der Waals surface area contributed by atoms with Crippen molar-refractivity contribution < 1.29 is 18.7 Å². The first-order valence-electron chi connectivity index (χ1n) is 6.21. The molecule has 21 heavy (non-hydrogen) atoms. The Morgan fingerprint density at radius 2 is 2.24 bits per heavy atom. The summed E-state index contributed by atoms with van der Waals surface area (Å²) in [7, 11) is 0. The standard InChI is InChI=1S/C14H13FINO3S/c1-2-19-14(18)7-21-8-20-13-4-9-3-10(16)6-17-12(9)5-11(13)15/h3-6H,2,7-8H2,1H3. The normalized spacial score (nSPS) is 10.6. The molecule has 0 N–H and O–H groups in total. The van der Waals surface area contributed by atoms with Crippen molar-refractivity contribution in [1.29, 1.82) is 0 Å². The second-order valence-electron chi connectivity index (χ2n) is 4.04. The van der Waals surface area contributed by atoms with E-state index in [0.29, 0.717) is 12.1 Å². The number of hydrogen-bond donors (Lipinski definition) is 0. The first kappa shape index (κ1) is 16.3. The number of ether oxygens (including phenoxy) is 2. The zero-order chi connectivity index (χ0) is 15.2. The highest BCUT2D eigenvalue weighted by Gasteiger charge is 2.08. The zero-order valence-electron chi connectivity index (χ0n) is 11.3. The van der Waals surface area contributed by atoms with Crippen LogP contribution in [0.4, 0.5) is 4.39 Å². The maximum Gasteiger partial charge on any atom is 0.316 e. The molecule has 0 amide bonds. The van der Waals surface area contributed by atoms with Crippen molar-refractivity contribution >= 4 is 51.2 Å². The lowest BCUT2D eigenvalue weighted by Gasteiger charge is -2.08. The molecule has 0 spiro atoms. The molecule has 1 aromatic heterocycles. The molecule has 7 heteroatoms. The number of fused-ring (bicyclic) bond motifs is 1. The van der Waals surface area contributed by atoms with Crippen LogP contribution in [0.1, 0.15) is 6.92 Å². The predicted molar refractivity (Wildman–Crippen MR) is 89.0 cm³/mol. The summed E-state index contributed by atoms with van der Waals surface area (Å²) < 4.78 is 25.0. The van der Waals surface area contributed by atoms with Gasteiger partial charge in [-0.1, -0.05) is 0 Å². The SMILES string of the molecule is CCOC(=O)CSCOc1cc2cc(I)cnc2cc1F. The predicted octanol–water partition coefficient (Wildman–Crippen LogP) is 3.61. The summed E-state index contributed by atoms with van der Waals surface area (Å²) in [6.45, 7) is 2.10. The van der Waals surface area contributed by atoms with Crippen molar-refractivity contribution in [3.63, 3.8) is 0 Å². The summed E-state index contributed by atoms with van der Waals surface area (Å²) in [5.74, 6) is -0.249. The van der Waals surface area contributed by atoms with E-state index in [9.17, 15) is 9.18 Å². The summed E-state index contributed by atoms with van der Waals surface area (Å²) in [6, 6.07) is 4.86. The fourth-order valence-corrected chi connectivity index (χ4v) is 2.66. The van der Waals surface area contributed by atoms with Crippen LogP contribution in [-0.4, -0.2) is 29.3 Å². The van der Waals surface area contributed by atoms with E-state index in [1.54, 1.807) is 19.2 Å². The lowest BCUT2D eigenvalue weighted by atomic mass is 10.2. The molecule has 4 nitrogen and oxygen atoms in total. The summed E-state index contributed by atoms with van der Waals surface area (Å²) in [6.07, 6.45) is 1.68. The Kier molecular flexibility index (Phi) is 6.04. The van der Waals surface area contributed by atoms with Gasteiger partial charge in [-0.05, 0) is 41.6 Å². The van der Waals surface area contributed by atoms with Gasteiger partial charge in [0.25, 0.3) is 0 Å². The smallest absolute Gasteiger partial charge is 0.316 e. The maximum atomic E-state index is 13.9. The third-order valence-electron chi connectivity index (χ3n) is 2.52. The zero-order valence-corrected chi connectivity index (χ0v) is 14.2. The van der Waals surface area contributed by atoms with Gasteiger partial charge in [-0.25, -0.2) is 4.39 Å². The third kappa shape index (κ3) is 4.70. The first-order chi connectivity index (χ1) is 10.1. The highest BCUT2D eigenvalue weighted by atomic mass is 127. The van der Waals surface area contributed by atoms with E-state index >= 15 is 0 Å². The number of benzene rings is 1. The highest BCUT2D eigenvalue weighted by Crippen LogP contribution is 2.25. The number of halogens is 2. The van der Waals surface area contributed by atoms with Gasteiger partial charge in [0.15, 0.2) is 11.6 Å². The second kappa shape index (κ2) is 7.79. The molecule has 2 aromatic rings. The van der Waals surface area contributed by atoms with E-state index in [1.165, 1.54) is 17.8 Å². The van der Waals surface area contributed by atoms with Crippen LogP contribution in [0.15, 0.2) is 24.4 Å². The van der Waals surface area contributed by atoms with Crippen LogP contribution < -0.4 is 4.74 Å². The topological polar surface area (TPSA) is 48.4 Å². The van der Waals surface area contributed by atoms with E-state index in [0.717, 1.165) is 8.96 Å². The van der Waals surface area contributed by atoms with E-state index in [2.05, 4.69) is 27.6 Å². The van der Waals surface area contributed by atoms with Crippen molar-refractivity contribution in [1.82, 2.24) is 4.98 Å². The molecule has 1 aromatic carbocycles. The van der Waals surface area contributed by atoms with E-state index in [-0.39, 0.29) is 23.4 Å². The van der Waals surface area contributed by atoms with Gasteiger partial charge >= 0.3 is 5.97 Å². The first-order valence-corrected chi connectivity index (χ1v) is 8.44. The monoisotopic (exact) mass is 421 g/mol.